The van der Waals surface area contributed by atoms with Crippen LogP contribution in [0.15, 0.2) is 58.9 Å². The van der Waals surface area contributed by atoms with Crippen molar-refractivity contribution in [2.24, 2.45) is 5.92 Å². The summed E-state index contributed by atoms with van der Waals surface area (Å²) in [5.41, 5.74) is 3.70. The van der Waals surface area contributed by atoms with E-state index in [1.807, 2.05) is 41.3 Å². The van der Waals surface area contributed by atoms with Crippen molar-refractivity contribution in [1.82, 2.24) is 9.80 Å². The molecular weight excluding hydrogens is 428 g/mol. The summed E-state index contributed by atoms with van der Waals surface area (Å²) in [7, 11) is 1.62. The van der Waals surface area contributed by atoms with Crippen LogP contribution in [0.4, 0.5) is 0 Å². The van der Waals surface area contributed by atoms with Crippen LogP contribution in [0, 0.1) is 5.92 Å². The number of nitrogens with zero attached hydrogens (tertiary/aromatic N) is 2. The lowest BCUT2D eigenvalue weighted by Gasteiger charge is -2.34. The second-order valence-electron chi connectivity index (χ2n) is 9.46. The van der Waals surface area contributed by atoms with Gasteiger partial charge in [-0.3, -0.25) is 19.3 Å². The van der Waals surface area contributed by atoms with Crippen LogP contribution in [0.1, 0.15) is 40.7 Å². The average Bonchev–Trinajstić information content (AvgIpc) is 3.39. The Labute approximate surface area is 199 Å². The summed E-state index contributed by atoms with van der Waals surface area (Å²) >= 11 is 0. The number of ketones is 1. The molecule has 0 bridgehead atoms. The van der Waals surface area contributed by atoms with Gasteiger partial charge < -0.3 is 9.64 Å². The minimum atomic E-state index is -0.103. The summed E-state index contributed by atoms with van der Waals surface area (Å²) < 4.78 is 5.18. The Morgan fingerprint density at radius 2 is 1.71 bits per heavy atom. The predicted molar refractivity (Wildman–Crippen MR) is 131 cm³/mol. The zero-order chi connectivity index (χ0) is 23.7. The third kappa shape index (κ3) is 4.42. The fourth-order valence-corrected chi connectivity index (χ4v) is 5.50. The first-order valence-electron chi connectivity index (χ1n) is 12.1. The van der Waals surface area contributed by atoms with E-state index in [0.717, 1.165) is 66.9 Å². The van der Waals surface area contributed by atoms with Gasteiger partial charge in [0.05, 0.1) is 13.2 Å². The van der Waals surface area contributed by atoms with Gasteiger partial charge >= 0.3 is 0 Å². The van der Waals surface area contributed by atoms with Gasteiger partial charge in [-0.15, -0.1) is 0 Å². The first-order valence-corrected chi connectivity index (χ1v) is 12.1. The van der Waals surface area contributed by atoms with Gasteiger partial charge in [0.25, 0.3) is 0 Å². The van der Waals surface area contributed by atoms with E-state index in [0.29, 0.717) is 13.0 Å². The quantitative estimate of drug-likeness (QED) is 0.622. The molecule has 6 nitrogen and oxygen atoms in total. The lowest BCUT2D eigenvalue weighted by molar-refractivity contribution is -0.132. The van der Waals surface area contributed by atoms with Crippen molar-refractivity contribution in [3.8, 4) is 5.75 Å². The van der Waals surface area contributed by atoms with E-state index >= 15 is 0 Å². The Bertz CT molecular complexity index is 1180. The molecule has 0 N–H and O–H groups in total. The number of Topliss-reactive ketones (excluding diaryl/α,β-unsaturated/α-hetero) is 1. The van der Waals surface area contributed by atoms with Crippen LogP contribution in [0.25, 0.3) is 6.08 Å². The molecule has 2 fully saturated rings. The summed E-state index contributed by atoms with van der Waals surface area (Å²) in [6.45, 7) is 2.85. The number of benzene rings is 1. The number of methoxy groups -OCH3 is 1. The molecule has 176 valence electrons. The summed E-state index contributed by atoms with van der Waals surface area (Å²) in [5.74, 6) is 1.10. The first-order chi connectivity index (χ1) is 16.5. The van der Waals surface area contributed by atoms with Gasteiger partial charge in [0.2, 0.25) is 5.91 Å². The number of rotatable bonds is 6. The Kier molecular flexibility index (Phi) is 6.33. The molecule has 1 atom stereocenters. The van der Waals surface area contributed by atoms with E-state index in [1.54, 1.807) is 19.2 Å². The van der Waals surface area contributed by atoms with Gasteiger partial charge in [0.1, 0.15) is 5.75 Å². The van der Waals surface area contributed by atoms with Crippen molar-refractivity contribution in [1.29, 1.82) is 0 Å². The molecule has 34 heavy (non-hydrogen) atoms. The molecule has 2 saturated heterocycles. The lowest BCUT2D eigenvalue weighted by atomic mass is 9.88. The zero-order valence-electron chi connectivity index (χ0n) is 19.5. The summed E-state index contributed by atoms with van der Waals surface area (Å²) in [6, 6.07) is 14.4. The Morgan fingerprint density at radius 3 is 2.44 bits per heavy atom. The SMILES string of the molecule is COc1ccc(C(=O)C2CCN([C@H]3CCN(CC4=Cc5ccccc(=O)c5C4)C3=O)CC2)cc1. The fourth-order valence-electron chi connectivity index (χ4n) is 5.50. The van der Waals surface area contributed by atoms with E-state index in [4.69, 9.17) is 4.74 Å². The third-order valence-electron chi connectivity index (χ3n) is 7.42. The van der Waals surface area contributed by atoms with Crippen molar-refractivity contribution < 1.29 is 14.3 Å². The standard InChI is InChI=1S/C28H30N2O4/c1-34-23-8-6-20(7-9-23)27(32)21-10-13-29(14-11-21)25-12-15-30(28(25)33)18-19-16-22-4-2-3-5-26(31)24(22)17-19/h2-9,16,21,25H,10-15,17-18H2,1H3/t25-/m0/s1. The van der Waals surface area contributed by atoms with Gasteiger partial charge in [0, 0.05) is 30.1 Å². The van der Waals surface area contributed by atoms with Crippen LogP contribution in [0.3, 0.4) is 0 Å². The molecule has 0 spiro atoms. The molecule has 0 aromatic heterocycles. The maximum absolute atomic E-state index is 13.2. The highest BCUT2D eigenvalue weighted by atomic mass is 16.5. The van der Waals surface area contributed by atoms with Crippen LogP contribution in [-0.4, -0.2) is 60.8 Å². The molecule has 1 amide bonds. The Hall–Kier alpha value is -3.25. The fraction of sp³-hybridized carbons (Fsp3) is 0.393. The molecule has 2 heterocycles. The molecule has 6 heteroatoms. The number of piperidine rings is 1. The maximum Gasteiger partial charge on any atom is 0.240 e. The molecule has 1 aliphatic carbocycles. The van der Waals surface area contributed by atoms with E-state index < -0.39 is 0 Å². The maximum atomic E-state index is 13.2. The minimum absolute atomic E-state index is 0.00187. The van der Waals surface area contributed by atoms with Gasteiger partial charge in [-0.05, 0) is 80.2 Å². The van der Waals surface area contributed by atoms with E-state index in [1.165, 1.54) is 0 Å². The summed E-state index contributed by atoms with van der Waals surface area (Å²) in [6.07, 6.45) is 5.05. The first kappa shape index (κ1) is 22.5. The monoisotopic (exact) mass is 458 g/mol. The molecular formula is C28H30N2O4. The van der Waals surface area contributed by atoms with Crippen LogP contribution in [0.2, 0.25) is 0 Å². The number of amides is 1. The molecule has 0 unspecified atom stereocenters. The van der Waals surface area contributed by atoms with Crippen molar-refractivity contribution in [3.63, 3.8) is 0 Å². The minimum Gasteiger partial charge on any atom is -0.497 e. The molecule has 3 aliphatic rings. The molecule has 0 radical (unpaired) electrons. The number of likely N-dealkylation sites (tertiary alicyclic amines) is 2. The molecule has 2 aliphatic heterocycles. The Balaban J connectivity index is 1.16. The highest BCUT2D eigenvalue weighted by Gasteiger charge is 2.38. The topological polar surface area (TPSA) is 66.9 Å². The average molecular weight is 459 g/mol. The number of carbonyl (C=O) groups is 2. The van der Waals surface area contributed by atoms with Crippen molar-refractivity contribution >= 4 is 17.8 Å². The van der Waals surface area contributed by atoms with Crippen LogP contribution in [0.5, 0.6) is 5.75 Å². The Morgan fingerprint density at radius 1 is 0.971 bits per heavy atom. The highest BCUT2D eigenvalue weighted by molar-refractivity contribution is 5.98. The summed E-state index contributed by atoms with van der Waals surface area (Å²) in [5, 5.41) is 0. The van der Waals surface area contributed by atoms with Crippen LogP contribution in [-0.2, 0) is 11.2 Å². The zero-order valence-corrected chi connectivity index (χ0v) is 19.5. The highest BCUT2D eigenvalue weighted by Crippen LogP contribution is 2.29. The van der Waals surface area contributed by atoms with Crippen molar-refractivity contribution in [2.45, 2.75) is 31.7 Å². The van der Waals surface area contributed by atoms with Crippen molar-refractivity contribution in [2.75, 3.05) is 33.3 Å². The number of carbonyl (C=O) groups excluding carboxylic acids is 2. The van der Waals surface area contributed by atoms with Gasteiger partial charge in [-0.1, -0.05) is 24.3 Å². The van der Waals surface area contributed by atoms with Gasteiger partial charge in [-0.25, -0.2) is 0 Å². The molecule has 2 aromatic carbocycles. The third-order valence-corrected chi connectivity index (χ3v) is 7.42. The normalized spacial score (nSPS) is 20.9. The number of hydrogen-bond acceptors (Lipinski definition) is 5. The van der Waals surface area contributed by atoms with Crippen LogP contribution >= 0.6 is 0 Å². The van der Waals surface area contributed by atoms with E-state index in [9.17, 15) is 14.4 Å². The number of ether oxygens (including phenoxy) is 1. The van der Waals surface area contributed by atoms with Gasteiger partial charge in [0.15, 0.2) is 11.2 Å². The molecule has 0 saturated carbocycles. The number of fused-ring (bicyclic) bond motifs is 1. The smallest absolute Gasteiger partial charge is 0.240 e. The van der Waals surface area contributed by atoms with E-state index in [2.05, 4.69) is 11.0 Å². The summed E-state index contributed by atoms with van der Waals surface area (Å²) in [4.78, 5) is 42.6. The number of hydrogen-bond donors (Lipinski definition) is 0. The predicted octanol–water partition coefficient (Wildman–Crippen LogP) is 3.19. The van der Waals surface area contributed by atoms with Crippen molar-refractivity contribution in [3.05, 3.63) is 81.0 Å². The van der Waals surface area contributed by atoms with E-state index in [-0.39, 0.29) is 29.1 Å². The molecule has 5 rings (SSSR count). The van der Waals surface area contributed by atoms with Crippen LogP contribution < -0.4 is 10.2 Å². The van der Waals surface area contributed by atoms with Gasteiger partial charge in [-0.2, -0.15) is 0 Å². The lowest BCUT2D eigenvalue weighted by Crippen LogP contribution is -2.46. The molecule has 2 aromatic rings. The second kappa shape index (κ2) is 9.55. The second-order valence-corrected chi connectivity index (χ2v) is 9.46. The largest absolute Gasteiger partial charge is 0.497 e.